The number of aliphatic imine (C=N–C) groups is 1. The van der Waals surface area contributed by atoms with E-state index in [4.69, 9.17) is 4.74 Å². The predicted octanol–water partition coefficient (Wildman–Crippen LogP) is 1.81. The Morgan fingerprint density at radius 2 is 1.97 bits per heavy atom. The number of nitrogens with one attached hydrogen (secondary N) is 2. The normalized spacial score (nSPS) is 23.4. The molecule has 32 heavy (non-hydrogen) atoms. The van der Waals surface area contributed by atoms with Gasteiger partial charge in [-0.2, -0.15) is 13.2 Å². The van der Waals surface area contributed by atoms with Gasteiger partial charge in [-0.25, -0.2) is 9.38 Å². The first-order valence-electron chi connectivity index (χ1n) is 10.6. The topological polar surface area (TPSA) is 55.4 Å². The molecule has 2 N–H and O–H groups in total. The maximum absolute atomic E-state index is 14.3. The molecule has 0 bridgehead atoms. The number of hydrogen-bond donors (Lipinski definition) is 2. The Bertz CT molecular complexity index is 880. The lowest BCUT2D eigenvalue weighted by Crippen LogP contribution is -2.54. The summed E-state index contributed by atoms with van der Waals surface area (Å²) in [5.41, 5.74) is -0.689. The molecule has 0 aliphatic carbocycles. The van der Waals surface area contributed by atoms with Crippen molar-refractivity contribution in [3.63, 3.8) is 0 Å². The summed E-state index contributed by atoms with van der Waals surface area (Å²) in [7, 11) is 3.80. The first-order chi connectivity index (χ1) is 15.2. The number of ether oxygens (including phenoxy) is 1. The zero-order valence-corrected chi connectivity index (χ0v) is 18.1. The highest BCUT2D eigenvalue weighted by atomic mass is 19.4. The second-order valence-corrected chi connectivity index (χ2v) is 8.40. The van der Waals surface area contributed by atoms with Crippen molar-refractivity contribution in [2.24, 2.45) is 4.99 Å². The van der Waals surface area contributed by atoms with Crippen molar-refractivity contribution in [2.75, 3.05) is 60.0 Å². The number of halogens is 4. The molecule has 3 aliphatic heterocycles. The van der Waals surface area contributed by atoms with Gasteiger partial charge in [0.15, 0.2) is 11.9 Å². The molecule has 1 fully saturated rings. The molecule has 1 aromatic carbocycles. The van der Waals surface area contributed by atoms with E-state index >= 15 is 0 Å². The predicted molar refractivity (Wildman–Crippen MR) is 112 cm³/mol. The molecule has 4 rings (SSSR count). The van der Waals surface area contributed by atoms with Gasteiger partial charge in [0.1, 0.15) is 18.2 Å². The summed E-state index contributed by atoms with van der Waals surface area (Å²) in [5.74, 6) is 0.383. The van der Waals surface area contributed by atoms with Crippen molar-refractivity contribution in [1.29, 1.82) is 0 Å². The summed E-state index contributed by atoms with van der Waals surface area (Å²) in [4.78, 5) is 10.9. The van der Waals surface area contributed by atoms with Gasteiger partial charge in [-0.15, -0.1) is 0 Å². The van der Waals surface area contributed by atoms with Crippen molar-refractivity contribution >= 4 is 6.34 Å². The summed E-state index contributed by atoms with van der Waals surface area (Å²) in [6.07, 6.45) is -3.25. The molecule has 176 valence electrons. The fourth-order valence-corrected chi connectivity index (χ4v) is 4.36. The largest absolute Gasteiger partial charge is 0.489 e. The number of likely N-dealkylation sites (N-methyl/N-ethyl adjacent to an activating group) is 1. The summed E-state index contributed by atoms with van der Waals surface area (Å²) >= 11 is 0. The molecule has 3 heterocycles. The van der Waals surface area contributed by atoms with Crippen LogP contribution in [0.5, 0.6) is 0 Å². The maximum atomic E-state index is 14.3. The molecular weight excluding hydrogens is 428 g/mol. The van der Waals surface area contributed by atoms with E-state index in [0.29, 0.717) is 44.9 Å². The minimum absolute atomic E-state index is 0.211. The van der Waals surface area contributed by atoms with E-state index in [1.807, 2.05) is 19.0 Å². The van der Waals surface area contributed by atoms with Crippen LogP contribution in [0.15, 0.2) is 34.8 Å². The van der Waals surface area contributed by atoms with Crippen LogP contribution >= 0.6 is 0 Å². The van der Waals surface area contributed by atoms with Gasteiger partial charge in [-0.3, -0.25) is 9.80 Å². The highest BCUT2D eigenvalue weighted by Gasteiger charge is 2.36. The molecule has 0 aromatic heterocycles. The number of alkyl halides is 3. The number of piperazine rings is 1. The van der Waals surface area contributed by atoms with Gasteiger partial charge < -0.3 is 20.3 Å². The van der Waals surface area contributed by atoms with Gasteiger partial charge >= 0.3 is 6.18 Å². The van der Waals surface area contributed by atoms with Crippen LogP contribution in [0, 0.1) is 5.82 Å². The van der Waals surface area contributed by atoms with Crippen molar-refractivity contribution < 1.29 is 22.3 Å². The fraction of sp³-hybridized carbons (Fsp3) is 0.571. The third-order valence-electron chi connectivity index (χ3n) is 5.92. The van der Waals surface area contributed by atoms with Crippen LogP contribution in [-0.4, -0.2) is 87.2 Å². The second-order valence-electron chi connectivity index (χ2n) is 8.40. The van der Waals surface area contributed by atoms with E-state index in [9.17, 15) is 17.6 Å². The molecule has 11 heteroatoms. The Morgan fingerprint density at radius 1 is 1.22 bits per heavy atom. The van der Waals surface area contributed by atoms with Crippen molar-refractivity contribution in [1.82, 2.24) is 25.3 Å². The lowest BCUT2D eigenvalue weighted by atomic mass is 10.0. The van der Waals surface area contributed by atoms with E-state index in [0.717, 1.165) is 30.3 Å². The summed E-state index contributed by atoms with van der Waals surface area (Å²) in [5, 5.41) is 6.35. The summed E-state index contributed by atoms with van der Waals surface area (Å²) in [6, 6.07) is 3.04. The summed E-state index contributed by atoms with van der Waals surface area (Å²) in [6.45, 7) is 4.64. The molecule has 2 unspecified atom stereocenters. The average Bonchev–Trinajstić information content (AvgIpc) is 2.76. The van der Waals surface area contributed by atoms with Crippen LogP contribution in [0.2, 0.25) is 0 Å². The van der Waals surface area contributed by atoms with Gasteiger partial charge in [0.2, 0.25) is 0 Å². The van der Waals surface area contributed by atoms with Crippen LogP contribution in [0.25, 0.3) is 0 Å². The number of benzene rings is 1. The Kier molecular flexibility index (Phi) is 6.59. The molecule has 1 saturated heterocycles. The Hall–Kier alpha value is -2.37. The molecule has 0 saturated carbocycles. The fourth-order valence-electron chi connectivity index (χ4n) is 4.36. The van der Waals surface area contributed by atoms with E-state index in [1.54, 1.807) is 6.34 Å². The molecular formula is C21H28F4N6O. The lowest BCUT2D eigenvalue weighted by Gasteiger charge is -2.43. The zero-order chi connectivity index (χ0) is 22.9. The third-order valence-corrected chi connectivity index (χ3v) is 5.92. The van der Waals surface area contributed by atoms with Gasteiger partial charge in [0.25, 0.3) is 0 Å². The molecule has 0 amide bonds. The molecule has 3 aliphatic rings. The number of hydrogen-bond acceptors (Lipinski definition) is 7. The second kappa shape index (κ2) is 9.24. The van der Waals surface area contributed by atoms with E-state index in [-0.39, 0.29) is 12.2 Å². The maximum Gasteiger partial charge on any atom is 0.419 e. The Morgan fingerprint density at radius 3 is 2.62 bits per heavy atom. The van der Waals surface area contributed by atoms with Gasteiger partial charge in [0.05, 0.1) is 18.4 Å². The highest BCUT2D eigenvalue weighted by molar-refractivity contribution is 5.60. The van der Waals surface area contributed by atoms with E-state index < -0.39 is 17.6 Å². The minimum Gasteiger partial charge on any atom is -0.489 e. The van der Waals surface area contributed by atoms with E-state index in [2.05, 4.69) is 25.4 Å². The quantitative estimate of drug-likeness (QED) is 0.660. The standard InChI is InChI=1S/C21H28F4N6O/c1-29(2)12-17(14-3-4-15(16(22)11-14)21(23,24)25)30-6-8-31(9-7-30)20-18-19(27-13-28-20)26-5-10-32-18/h3-4,11,13,17,20,26H,5-10,12H2,1-2H3,(H,27,28). The lowest BCUT2D eigenvalue weighted by molar-refractivity contribution is -0.140. The first-order valence-corrected chi connectivity index (χ1v) is 10.6. The molecule has 1 aromatic rings. The SMILES string of the molecule is CN(C)CC(c1ccc(C(F)(F)F)c(F)c1)N1CCN(C2N=CNC3=C2OCCN3)CC1. The van der Waals surface area contributed by atoms with Crippen molar-refractivity contribution in [3.8, 4) is 0 Å². The molecule has 0 radical (unpaired) electrons. The number of rotatable bonds is 5. The monoisotopic (exact) mass is 456 g/mol. The van der Waals surface area contributed by atoms with Crippen molar-refractivity contribution in [3.05, 3.63) is 46.7 Å². The first kappa shape index (κ1) is 22.8. The van der Waals surface area contributed by atoms with Crippen LogP contribution in [0.1, 0.15) is 17.2 Å². The Balaban J connectivity index is 1.48. The smallest absolute Gasteiger partial charge is 0.419 e. The highest BCUT2D eigenvalue weighted by Crippen LogP contribution is 2.34. The minimum atomic E-state index is -4.70. The molecule has 0 spiro atoms. The van der Waals surface area contributed by atoms with Crippen LogP contribution in [0.4, 0.5) is 17.6 Å². The molecule has 7 nitrogen and oxygen atoms in total. The van der Waals surface area contributed by atoms with Crippen LogP contribution in [0.3, 0.4) is 0 Å². The van der Waals surface area contributed by atoms with E-state index in [1.165, 1.54) is 6.07 Å². The average molecular weight is 456 g/mol. The van der Waals surface area contributed by atoms with Crippen LogP contribution in [-0.2, 0) is 10.9 Å². The number of nitrogens with zero attached hydrogens (tertiary/aromatic N) is 4. The Labute approximate surface area is 184 Å². The van der Waals surface area contributed by atoms with Gasteiger partial charge in [-0.05, 0) is 31.8 Å². The van der Waals surface area contributed by atoms with Gasteiger partial charge in [0, 0.05) is 38.8 Å². The third kappa shape index (κ3) is 4.84. The van der Waals surface area contributed by atoms with Gasteiger partial charge in [-0.1, -0.05) is 6.07 Å². The zero-order valence-electron chi connectivity index (χ0n) is 18.1. The van der Waals surface area contributed by atoms with Crippen LogP contribution < -0.4 is 10.6 Å². The molecule has 2 atom stereocenters. The van der Waals surface area contributed by atoms with Crippen molar-refractivity contribution in [2.45, 2.75) is 18.4 Å². The summed E-state index contributed by atoms with van der Waals surface area (Å²) < 4.78 is 59.1.